The molecular weight excluding hydrogens is 367 g/mol. The minimum absolute atomic E-state index is 0.0480. The number of imide groups is 1. The first-order valence-corrected chi connectivity index (χ1v) is 8.36. The topological polar surface area (TPSA) is 77.1 Å². The van der Waals surface area contributed by atoms with Crippen LogP contribution in [0.2, 0.25) is 0 Å². The van der Waals surface area contributed by atoms with E-state index in [9.17, 15) is 14.0 Å². The molecule has 0 atom stereocenters. The van der Waals surface area contributed by atoms with Gasteiger partial charge in [-0.1, -0.05) is 18.2 Å². The van der Waals surface area contributed by atoms with E-state index < -0.39 is 17.8 Å². The standard InChI is InChI=1S/C20H19FN2O5/c1-26-16-10-18(28-3)17(27-2)9-13(16)8-15-19(24)23(20(25)22-15)11-12-6-4-5-7-14(12)21/h4-10H,11H2,1-3H3,(H,22,25). The average molecular weight is 386 g/mol. The van der Waals surface area contributed by atoms with E-state index in [0.29, 0.717) is 22.8 Å². The van der Waals surface area contributed by atoms with Crippen LogP contribution >= 0.6 is 0 Å². The van der Waals surface area contributed by atoms with Crippen molar-refractivity contribution < 1.29 is 28.2 Å². The molecule has 3 amide bonds. The van der Waals surface area contributed by atoms with E-state index in [2.05, 4.69) is 5.32 Å². The van der Waals surface area contributed by atoms with Crippen LogP contribution in [0.5, 0.6) is 17.2 Å². The number of hydrogen-bond acceptors (Lipinski definition) is 5. The number of nitrogens with one attached hydrogen (secondary N) is 1. The van der Waals surface area contributed by atoms with Gasteiger partial charge in [-0.05, 0) is 18.2 Å². The third-order valence-electron chi connectivity index (χ3n) is 4.28. The molecule has 0 radical (unpaired) electrons. The van der Waals surface area contributed by atoms with Crippen LogP contribution in [-0.2, 0) is 11.3 Å². The van der Waals surface area contributed by atoms with Crippen LogP contribution < -0.4 is 19.5 Å². The maximum Gasteiger partial charge on any atom is 0.329 e. The molecule has 1 aliphatic rings. The maximum absolute atomic E-state index is 13.9. The highest BCUT2D eigenvalue weighted by atomic mass is 19.1. The van der Waals surface area contributed by atoms with Gasteiger partial charge in [-0.15, -0.1) is 0 Å². The van der Waals surface area contributed by atoms with Crippen LogP contribution in [0.25, 0.3) is 6.08 Å². The Morgan fingerprint density at radius 2 is 1.64 bits per heavy atom. The lowest BCUT2D eigenvalue weighted by Crippen LogP contribution is -2.30. The van der Waals surface area contributed by atoms with Crippen molar-refractivity contribution in [1.29, 1.82) is 0 Å². The van der Waals surface area contributed by atoms with E-state index in [1.54, 1.807) is 24.3 Å². The molecule has 0 aliphatic carbocycles. The van der Waals surface area contributed by atoms with Crippen molar-refractivity contribution in [1.82, 2.24) is 10.2 Å². The first kappa shape index (κ1) is 19.2. The summed E-state index contributed by atoms with van der Waals surface area (Å²) < 4.78 is 29.7. The molecule has 3 rings (SSSR count). The first-order valence-electron chi connectivity index (χ1n) is 8.36. The maximum atomic E-state index is 13.9. The van der Waals surface area contributed by atoms with Crippen molar-refractivity contribution in [2.45, 2.75) is 6.54 Å². The van der Waals surface area contributed by atoms with Crippen molar-refractivity contribution in [3.8, 4) is 17.2 Å². The van der Waals surface area contributed by atoms with E-state index in [1.807, 2.05) is 0 Å². The zero-order valence-corrected chi connectivity index (χ0v) is 15.6. The number of benzene rings is 2. The molecule has 0 aromatic heterocycles. The molecule has 1 fully saturated rings. The second kappa shape index (κ2) is 7.99. The van der Waals surface area contributed by atoms with Crippen molar-refractivity contribution in [3.63, 3.8) is 0 Å². The number of halogens is 1. The summed E-state index contributed by atoms with van der Waals surface area (Å²) in [6.07, 6.45) is 1.47. The molecule has 0 saturated carbocycles. The summed E-state index contributed by atoms with van der Waals surface area (Å²) in [7, 11) is 4.46. The highest BCUT2D eigenvalue weighted by molar-refractivity contribution is 6.14. The van der Waals surface area contributed by atoms with Crippen molar-refractivity contribution in [3.05, 3.63) is 59.0 Å². The Hall–Kier alpha value is -3.55. The van der Waals surface area contributed by atoms with Crippen LogP contribution in [-0.4, -0.2) is 38.2 Å². The number of nitrogens with zero attached hydrogens (tertiary/aromatic N) is 1. The molecule has 0 bridgehead atoms. The van der Waals surface area contributed by atoms with Crippen LogP contribution in [0.1, 0.15) is 11.1 Å². The fraction of sp³-hybridized carbons (Fsp3) is 0.200. The van der Waals surface area contributed by atoms with Crippen LogP contribution in [0.4, 0.5) is 9.18 Å². The molecule has 0 spiro atoms. The SMILES string of the molecule is COc1cc(OC)c(OC)cc1C=C1NC(=O)N(Cc2ccccc2F)C1=O. The number of methoxy groups -OCH3 is 3. The quantitative estimate of drug-likeness (QED) is 0.610. The van der Waals surface area contributed by atoms with Gasteiger partial charge in [0.1, 0.15) is 17.3 Å². The summed E-state index contributed by atoms with van der Waals surface area (Å²) in [5.74, 6) is 0.284. The fourth-order valence-electron chi connectivity index (χ4n) is 2.83. The number of urea groups is 1. The zero-order chi connectivity index (χ0) is 20.3. The molecule has 1 N–H and O–H groups in total. The molecule has 28 heavy (non-hydrogen) atoms. The van der Waals surface area contributed by atoms with Gasteiger partial charge in [0.25, 0.3) is 5.91 Å². The number of carbonyl (C=O) groups is 2. The summed E-state index contributed by atoms with van der Waals surface area (Å²) in [6.45, 7) is -0.169. The van der Waals surface area contributed by atoms with E-state index in [4.69, 9.17) is 14.2 Å². The third kappa shape index (κ3) is 3.62. The van der Waals surface area contributed by atoms with Gasteiger partial charge in [-0.2, -0.15) is 0 Å². The van der Waals surface area contributed by atoms with Gasteiger partial charge in [-0.25, -0.2) is 9.18 Å². The fourth-order valence-corrected chi connectivity index (χ4v) is 2.83. The van der Waals surface area contributed by atoms with Crippen LogP contribution in [0, 0.1) is 5.82 Å². The number of rotatable bonds is 6. The van der Waals surface area contributed by atoms with E-state index in [-0.39, 0.29) is 17.8 Å². The lowest BCUT2D eigenvalue weighted by atomic mass is 10.1. The Morgan fingerprint density at radius 3 is 2.29 bits per heavy atom. The molecule has 2 aromatic carbocycles. The molecule has 1 saturated heterocycles. The van der Waals surface area contributed by atoms with Gasteiger partial charge in [0.15, 0.2) is 11.5 Å². The Labute approximate surface area is 161 Å². The first-order chi connectivity index (χ1) is 13.5. The molecule has 2 aromatic rings. The monoisotopic (exact) mass is 386 g/mol. The van der Waals surface area contributed by atoms with Crippen molar-refractivity contribution in [2.75, 3.05) is 21.3 Å². The number of ether oxygens (including phenoxy) is 3. The smallest absolute Gasteiger partial charge is 0.329 e. The van der Waals surface area contributed by atoms with Gasteiger partial charge in [0.2, 0.25) is 0 Å². The number of carbonyl (C=O) groups excluding carboxylic acids is 2. The second-order valence-corrected chi connectivity index (χ2v) is 5.92. The average Bonchev–Trinajstić information content (AvgIpc) is 2.96. The molecule has 1 aliphatic heterocycles. The summed E-state index contributed by atoms with van der Waals surface area (Å²) >= 11 is 0. The second-order valence-electron chi connectivity index (χ2n) is 5.92. The Kier molecular flexibility index (Phi) is 5.49. The highest BCUT2D eigenvalue weighted by Gasteiger charge is 2.34. The molecule has 1 heterocycles. The largest absolute Gasteiger partial charge is 0.496 e. The van der Waals surface area contributed by atoms with Gasteiger partial charge in [0, 0.05) is 17.2 Å². The minimum Gasteiger partial charge on any atom is -0.496 e. The predicted molar refractivity (Wildman–Crippen MR) is 99.6 cm³/mol. The lowest BCUT2D eigenvalue weighted by molar-refractivity contribution is -0.123. The molecule has 0 unspecified atom stereocenters. The zero-order valence-electron chi connectivity index (χ0n) is 15.6. The predicted octanol–water partition coefficient (Wildman–Crippen LogP) is 2.94. The summed E-state index contributed by atoms with van der Waals surface area (Å²) in [4.78, 5) is 25.8. The molecule has 146 valence electrons. The summed E-state index contributed by atoms with van der Waals surface area (Å²) in [5, 5.41) is 2.51. The van der Waals surface area contributed by atoms with Gasteiger partial charge in [-0.3, -0.25) is 9.69 Å². The number of amides is 3. The van der Waals surface area contributed by atoms with Crippen LogP contribution in [0.3, 0.4) is 0 Å². The number of hydrogen-bond donors (Lipinski definition) is 1. The minimum atomic E-state index is -0.626. The molecular formula is C20H19FN2O5. The lowest BCUT2D eigenvalue weighted by Gasteiger charge is -2.13. The third-order valence-corrected chi connectivity index (χ3v) is 4.28. The van der Waals surface area contributed by atoms with Crippen molar-refractivity contribution in [2.24, 2.45) is 0 Å². The summed E-state index contributed by atoms with van der Waals surface area (Å²) in [5.41, 5.74) is 0.805. The Bertz CT molecular complexity index is 958. The normalized spacial score (nSPS) is 15.0. The molecule has 8 heteroatoms. The van der Waals surface area contributed by atoms with Gasteiger partial charge >= 0.3 is 6.03 Å². The Morgan fingerprint density at radius 1 is 1.00 bits per heavy atom. The van der Waals surface area contributed by atoms with E-state index >= 15 is 0 Å². The summed E-state index contributed by atoms with van der Waals surface area (Å²) in [6, 6.07) is 8.60. The van der Waals surface area contributed by atoms with Gasteiger partial charge in [0.05, 0.1) is 27.9 Å². The van der Waals surface area contributed by atoms with E-state index in [1.165, 1.54) is 39.5 Å². The van der Waals surface area contributed by atoms with Crippen molar-refractivity contribution >= 4 is 18.0 Å². The van der Waals surface area contributed by atoms with Crippen LogP contribution in [0.15, 0.2) is 42.1 Å². The Balaban J connectivity index is 1.92. The highest BCUT2D eigenvalue weighted by Crippen LogP contribution is 2.36. The molecule has 7 nitrogen and oxygen atoms in total. The van der Waals surface area contributed by atoms with E-state index in [0.717, 1.165) is 4.90 Å². The van der Waals surface area contributed by atoms with Gasteiger partial charge < -0.3 is 19.5 Å².